The second-order valence-corrected chi connectivity index (χ2v) is 3.57. The van der Waals surface area contributed by atoms with Gasteiger partial charge in [0.2, 0.25) is 0 Å². The van der Waals surface area contributed by atoms with E-state index in [2.05, 4.69) is 0 Å². The molecule has 0 radical (unpaired) electrons. The molecular weight excluding hydrogens is 119 g/mol. The Labute approximate surface area is 85.4 Å². The van der Waals surface area contributed by atoms with Crippen LogP contribution in [0.1, 0.15) is 15.3 Å². The first-order valence-electron chi connectivity index (χ1n) is 1.88. The van der Waals surface area contributed by atoms with E-state index in [1.54, 1.807) is 0 Å². The van der Waals surface area contributed by atoms with E-state index in [-0.39, 0.29) is 52.8 Å². The van der Waals surface area contributed by atoms with Crippen LogP contribution in [0, 0.1) is 0 Å². The van der Waals surface area contributed by atoms with Crippen LogP contribution in [0.25, 0.3) is 0 Å². The van der Waals surface area contributed by atoms with Gasteiger partial charge in [-0.2, -0.15) is 0 Å². The van der Waals surface area contributed by atoms with E-state index < -0.39 is 9.76 Å². The third-order valence-electron chi connectivity index (χ3n) is 0.365. The first kappa shape index (κ1) is 10.7. The molecule has 0 unspecified atom stereocenters. The molecule has 6 heavy (non-hydrogen) atoms. The molecule has 0 aliphatic rings. The molecule has 3 heteroatoms. The minimum atomic E-state index is -0.651. The fraction of sp³-hybridized carbons (Fsp3) is 1.00. The van der Waals surface area contributed by atoms with Crippen LogP contribution >= 0.6 is 0 Å². The average molecular weight is 130 g/mol. The van der Waals surface area contributed by atoms with Crippen molar-refractivity contribution in [3.8, 4) is 0 Å². The van der Waals surface area contributed by atoms with E-state index in [1.807, 2.05) is 13.8 Å². The molecule has 0 heterocycles. The molecule has 0 aliphatic carbocycles. The summed E-state index contributed by atoms with van der Waals surface area (Å²) in [5.74, 6) is 0. The monoisotopic (exact) mass is 130 g/mol. The summed E-state index contributed by atoms with van der Waals surface area (Å²) in [5.41, 5.74) is 0.579. The van der Waals surface area contributed by atoms with E-state index in [0.717, 1.165) is 0 Å². The summed E-state index contributed by atoms with van der Waals surface area (Å²) in [4.78, 5) is 8.28. The van der Waals surface area contributed by atoms with Gasteiger partial charge in [0.05, 0.1) is 0 Å². The fourth-order valence-corrected chi connectivity index (χ4v) is 0. The van der Waals surface area contributed by atoms with Gasteiger partial charge in [-0.3, -0.25) is 0 Å². The maximum Gasteiger partial charge on any atom is 1.00 e. The summed E-state index contributed by atoms with van der Waals surface area (Å²) in [7, 11) is -0.651. The van der Waals surface area contributed by atoms with Crippen molar-refractivity contribution in [2.45, 2.75) is 19.4 Å². The van der Waals surface area contributed by atoms with Gasteiger partial charge in [0.15, 0.2) is 9.76 Å². The van der Waals surface area contributed by atoms with Gasteiger partial charge in [0.1, 0.15) is 0 Å². The van der Waals surface area contributed by atoms with Crippen molar-refractivity contribution >= 4 is 9.76 Å². The molecule has 0 saturated carbocycles. The summed E-state index contributed by atoms with van der Waals surface area (Å²) in [6.45, 7) is 4.07. The van der Waals surface area contributed by atoms with Crippen LogP contribution in [0.5, 0.6) is 0 Å². The molecule has 0 aromatic rings. The van der Waals surface area contributed by atoms with Crippen LogP contribution in [0.2, 0.25) is 5.54 Å². The van der Waals surface area contributed by atoms with Gasteiger partial charge in [-0.05, 0) is 5.54 Å². The Morgan fingerprint density at radius 3 is 1.83 bits per heavy atom. The van der Waals surface area contributed by atoms with Gasteiger partial charge in [0, 0.05) is 0 Å². The smallest absolute Gasteiger partial charge is 1.00 e. The van der Waals surface area contributed by atoms with E-state index in [4.69, 9.17) is 4.80 Å². The molecule has 1 N–H and O–H groups in total. The molecule has 0 aromatic heterocycles. The van der Waals surface area contributed by atoms with Crippen molar-refractivity contribution in [1.29, 1.82) is 0 Å². The van der Waals surface area contributed by atoms with Crippen LogP contribution in [-0.2, 0) is 0 Å². The fourth-order valence-electron chi connectivity index (χ4n) is 0. The zero-order chi connectivity index (χ0) is 4.28. The molecular formula is C3H11KOSi. The Balaban J connectivity index is -0.0000000800. The molecule has 0 amide bonds. The predicted molar refractivity (Wildman–Crippen MR) is 27.0 cm³/mol. The van der Waals surface area contributed by atoms with Crippen LogP contribution in [0.4, 0.5) is 0 Å². The Morgan fingerprint density at radius 2 is 1.83 bits per heavy atom. The zero-order valence-electron chi connectivity index (χ0n) is 5.73. The molecule has 0 bridgehead atoms. The molecule has 0 aliphatic heterocycles. The third-order valence-corrected chi connectivity index (χ3v) is 1.10. The Kier molecular flexibility index (Phi) is 12.2. The summed E-state index contributed by atoms with van der Waals surface area (Å²) >= 11 is 0. The van der Waals surface area contributed by atoms with Crippen molar-refractivity contribution in [2.24, 2.45) is 0 Å². The van der Waals surface area contributed by atoms with Crippen molar-refractivity contribution in [1.82, 2.24) is 0 Å². The van der Waals surface area contributed by atoms with Crippen molar-refractivity contribution in [2.75, 3.05) is 0 Å². The largest absolute Gasteiger partial charge is 1.00 e. The van der Waals surface area contributed by atoms with Gasteiger partial charge in [-0.15, -0.1) is 0 Å². The Morgan fingerprint density at radius 1 is 1.67 bits per heavy atom. The van der Waals surface area contributed by atoms with Gasteiger partial charge >= 0.3 is 51.4 Å². The number of hydrogen-bond acceptors (Lipinski definition) is 1. The average Bonchev–Trinajstić information content (AvgIpc) is 1.38. The van der Waals surface area contributed by atoms with E-state index in [0.29, 0.717) is 5.54 Å². The van der Waals surface area contributed by atoms with Crippen molar-refractivity contribution in [3.63, 3.8) is 0 Å². The molecule has 0 spiro atoms. The van der Waals surface area contributed by atoms with E-state index >= 15 is 0 Å². The van der Waals surface area contributed by atoms with E-state index in [1.165, 1.54) is 0 Å². The van der Waals surface area contributed by atoms with Gasteiger partial charge in [0.25, 0.3) is 0 Å². The summed E-state index contributed by atoms with van der Waals surface area (Å²) in [5, 5.41) is 0. The summed E-state index contributed by atoms with van der Waals surface area (Å²) in [6.07, 6.45) is 0. The zero-order valence-corrected chi connectivity index (χ0v) is 9.27. The molecule has 0 fully saturated rings. The quantitative estimate of drug-likeness (QED) is 0.375. The van der Waals surface area contributed by atoms with Crippen molar-refractivity contribution in [3.05, 3.63) is 0 Å². The summed E-state index contributed by atoms with van der Waals surface area (Å²) < 4.78 is 0. The van der Waals surface area contributed by atoms with Crippen molar-refractivity contribution < 1.29 is 57.6 Å². The van der Waals surface area contributed by atoms with E-state index in [9.17, 15) is 0 Å². The van der Waals surface area contributed by atoms with Crippen LogP contribution in [0.15, 0.2) is 0 Å². The molecule has 0 atom stereocenters. The molecule has 1 nitrogen and oxygen atoms in total. The molecule has 34 valence electrons. The Bertz CT molecular complexity index is 28.9. The predicted octanol–water partition coefficient (Wildman–Crippen LogP) is -2.99. The molecule has 0 saturated heterocycles. The second-order valence-electron chi connectivity index (χ2n) is 1.58. The molecule has 0 aromatic carbocycles. The second kappa shape index (κ2) is 6.81. The Hall–Kier alpha value is 1.81. The number of rotatable bonds is 1. The van der Waals surface area contributed by atoms with Crippen LogP contribution in [0.3, 0.4) is 0 Å². The normalized spacial score (nSPS) is 10.0. The van der Waals surface area contributed by atoms with Gasteiger partial charge in [-0.1, -0.05) is 13.8 Å². The van der Waals surface area contributed by atoms with Gasteiger partial charge < -0.3 is 6.22 Å². The first-order chi connectivity index (χ1) is 2.27. The topological polar surface area (TPSA) is 20.2 Å². The maximum absolute atomic E-state index is 8.28. The van der Waals surface area contributed by atoms with Crippen LogP contribution < -0.4 is 51.4 Å². The molecule has 0 rings (SSSR count). The maximum atomic E-state index is 8.28. The minimum Gasteiger partial charge on any atom is -1.00 e. The van der Waals surface area contributed by atoms with Gasteiger partial charge in [-0.25, -0.2) is 0 Å². The minimum absolute atomic E-state index is 0. The van der Waals surface area contributed by atoms with Crippen LogP contribution in [-0.4, -0.2) is 14.6 Å². The standard InChI is InChI=1S/C3H10OSi.K.H/c1-3(2)5-4;;/h3-4H,5H2,1-2H3;;/q;+1;-1. The summed E-state index contributed by atoms with van der Waals surface area (Å²) in [6, 6.07) is 0. The SMILES string of the molecule is CC(C)[SiH2]O.[H-].[K+]. The first-order valence-corrected chi connectivity index (χ1v) is 3.33. The number of hydrogen-bond donors (Lipinski definition) is 1. The third kappa shape index (κ3) is 9.26.